The van der Waals surface area contributed by atoms with Gasteiger partial charge in [0.15, 0.2) is 0 Å². The maximum Gasteiger partial charge on any atom is 0.122 e. The number of hydrogen-bond acceptors (Lipinski definition) is 2. The summed E-state index contributed by atoms with van der Waals surface area (Å²) in [4.78, 5) is 0. The Kier molecular flexibility index (Phi) is 4.01. The molecule has 0 N–H and O–H groups in total. The molecule has 2 rings (SSSR count). The lowest BCUT2D eigenvalue weighted by atomic mass is 10.1. The predicted octanol–water partition coefficient (Wildman–Crippen LogP) is 4.21. The largest absolute Gasteiger partial charge is 0.489 e. The van der Waals surface area contributed by atoms with Crippen molar-refractivity contribution in [3.63, 3.8) is 0 Å². The second kappa shape index (κ2) is 5.70. The van der Waals surface area contributed by atoms with Gasteiger partial charge in [-0.3, -0.25) is 0 Å². The average molecular weight is 302 g/mol. The van der Waals surface area contributed by atoms with Gasteiger partial charge in [0.2, 0.25) is 0 Å². The molecule has 0 bridgehead atoms. The molecule has 0 aliphatic heterocycles. The van der Waals surface area contributed by atoms with E-state index in [-0.39, 0.29) is 0 Å². The summed E-state index contributed by atoms with van der Waals surface area (Å²) >= 11 is 3.42. The number of hydrogen-bond donors (Lipinski definition) is 0. The van der Waals surface area contributed by atoms with Crippen molar-refractivity contribution in [1.82, 2.24) is 0 Å². The maximum atomic E-state index is 8.71. The van der Waals surface area contributed by atoms with Crippen molar-refractivity contribution in [2.75, 3.05) is 0 Å². The average Bonchev–Trinajstić information content (AvgIpc) is 2.38. The normalized spacial score (nSPS) is 9.83. The first-order valence-corrected chi connectivity index (χ1v) is 6.36. The lowest BCUT2D eigenvalue weighted by molar-refractivity contribution is 0.304. The van der Waals surface area contributed by atoms with Gasteiger partial charge in [0.1, 0.15) is 12.4 Å². The molecule has 0 saturated carbocycles. The van der Waals surface area contributed by atoms with Gasteiger partial charge in [-0.2, -0.15) is 5.26 Å². The van der Waals surface area contributed by atoms with Gasteiger partial charge < -0.3 is 4.74 Å². The minimum atomic E-state index is 0.508. The van der Waals surface area contributed by atoms with Crippen molar-refractivity contribution in [3.8, 4) is 11.8 Å². The summed E-state index contributed by atoms with van der Waals surface area (Å²) in [7, 11) is 0. The molecular weight excluding hydrogens is 290 g/mol. The summed E-state index contributed by atoms with van der Waals surface area (Å²) < 4.78 is 6.79. The van der Waals surface area contributed by atoms with Crippen molar-refractivity contribution in [3.05, 3.63) is 63.6 Å². The monoisotopic (exact) mass is 301 g/mol. The summed E-state index contributed by atoms with van der Waals surface area (Å²) in [6, 6.07) is 15.4. The van der Waals surface area contributed by atoms with E-state index >= 15 is 0 Å². The fourth-order valence-electron chi connectivity index (χ4n) is 1.61. The van der Waals surface area contributed by atoms with Gasteiger partial charge in [0.05, 0.1) is 11.6 Å². The smallest absolute Gasteiger partial charge is 0.122 e. The van der Waals surface area contributed by atoms with Crippen LogP contribution in [0.4, 0.5) is 0 Å². The zero-order chi connectivity index (χ0) is 13.0. The molecule has 90 valence electrons. The number of halogens is 1. The van der Waals surface area contributed by atoms with Crippen molar-refractivity contribution in [1.29, 1.82) is 5.26 Å². The standard InChI is InChI=1S/C15H12BrNO/c1-11-8-14(16)6-7-15(11)18-10-13-4-2-12(9-17)3-5-13/h2-8H,10H2,1H3. The van der Waals surface area contributed by atoms with Gasteiger partial charge in [-0.05, 0) is 48.4 Å². The topological polar surface area (TPSA) is 33.0 Å². The third-order valence-electron chi connectivity index (χ3n) is 2.61. The molecule has 0 saturated heterocycles. The van der Waals surface area contributed by atoms with Crippen molar-refractivity contribution in [2.45, 2.75) is 13.5 Å². The summed E-state index contributed by atoms with van der Waals surface area (Å²) in [5.74, 6) is 0.877. The molecule has 2 aromatic carbocycles. The molecule has 0 aliphatic carbocycles. The van der Waals surface area contributed by atoms with E-state index in [1.165, 1.54) is 0 Å². The number of rotatable bonds is 3. The highest BCUT2D eigenvalue weighted by Gasteiger charge is 2.01. The Labute approximate surface area is 115 Å². The first-order valence-electron chi connectivity index (χ1n) is 5.57. The van der Waals surface area contributed by atoms with Crippen LogP contribution >= 0.6 is 15.9 Å². The molecular formula is C15H12BrNO. The van der Waals surface area contributed by atoms with Gasteiger partial charge in [-0.15, -0.1) is 0 Å². The minimum absolute atomic E-state index is 0.508. The first kappa shape index (κ1) is 12.7. The lowest BCUT2D eigenvalue weighted by Gasteiger charge is -2.09. The molecule has 0 unspecified atom stereocenters. The molecule has 2 aromatic rings. The quantitative estimate of drug-likeness (QED) is 0.851. The highest BCUT2D eigenvalue weighted by Crippen LogP contribution is 2.23. The fourth-order valence-corrected chi connectivity index (χ4v) is 2.09. The SMILES string of the molecule is Cc1cc(Br)ccc1OCc1ccc(C#N)cc1. The highest BCUT2D eigenvalue weighted by molar-refractivity contribution is 9.10. The van der Waals surface area contributed by atoms with Gasteiger partial charge in [0, 0.05) is 4.47 Å². The summed E-state index contributed by atoms with van der Waals surface area (Å²) in [5, 5.41) is 8.71. The van der Waals surface area contributed by atoms with Crippen molar-refractivity contribution in [2.24, 2.45) is 0 Å². The van der Waals surface area contributed by atoms with Crippen LogP contribution in [0.15, 0.2) is 46.9 Å². The zero-order valence-corrected chi connectivity index (χ0v) is 11.6. The van der Waals surface area contributed by atoms with E-state index in [2.05, 4.69) is 22.0 Å². The van der Waals surface area contributed by atoms with Crippen LogP contribution in [0.3, 0.4) is 0 Å². The van der Waals surface area contributed by atoms with Crippen LogP contribution in [0.25, 0.3) is 0 Å². The predicted molar refractivity (Wildman–Crippen MR) is 74.4 cm³/mol. The first-order chi connectivity index (χ1) is 8.69. The number of nitrogens with zero attached hydrogens (tertiary/aromatic N) is 1. The van der Waals surface area contributed by atoms with Gasteiger partial charge >= 0.3 is 0 Å². The molecule has 0 amide bonds. The molecule has 2 nitrogen and oxygen atoms in total. The summed E-state index contributed by atoms with van der Waals surface area (Å²) in [6.45, 7) is 2.52. The van der Waals surface area contributed by atoms with E-state index in [9.17, 15) is 0 Å². The molecule has 0 radical (unpaired) electrons. The third kappa shape index (κ3) is 3.12. The van der Waals surface area contributed by atoms with Crippen LogP contribution < -0.4 is 4.74 Å². The molecule has 18 heavy (non-hydrogen) atoms. The molecule has 0 aromatic heterocycles. The maximum absolute atomic E-state index is 8.71. The van der Waals surface area contributed by atoms with Crippen LogP contribution in [0.2, 0.25) is 0 Å². The second-order valence-electron chi connectivity index (χ2n) is 4.01. The van der Waals surface area contributed by atoms with E-state index in [4.69, 9.17) is 10.00 Å². The Morgan fingerprint density at radius 3 is 2.50 bits per heavy atom. The fraction of sp³-hybridized carbons (Fsp3) is 0.133. The molecule has 0 spiro atoms. The van der Waals surface area contributed by atoms with E-state index in [0.717, 1.165) is 21.3 Å². The van der Waals surface area contributed by atoms with Crippen molar-refractivity contribution >= 4 is 15.9 Å². The van der Waals surface area contributed by atoms with Crippen LogP contribution in [0.5, 0.6) is 5.75 Å². The Hall–Kier alpha value is -1.79. The number of benzene rings is 2. The Morgan fingerprint density at radius 1 is 1.17 bits per heavy atom. The number of ether oxygens (including phenoxy) is 1. The zero-order valence-electron chi connectivity index (χ0n) is 9.98. The number of nitriles is 1. The summed E-state index contributed by atoms with van der Waals surface area (Å²) in [6.07, 6.45) is 0. The highest BCUT2D eigenvalue weighted by atomic mass is 79.9. The lowest BCUT2D eigenvalue weighted by Crippen LogP contribution is -1.97. The van der Waals surface area contributed by atoms with E-state index < -0.39 is 0 Å². The summed E-state index contributed by atoms with van der Waals surface area (Å²) in [5.41, 5.74) is 2.81. The molecule has 3 heteroatoms. The molecule has 0 heterocycles. The second-order valence-corrected chi connectivity index (χ2v) is 4.92. The van der Waals surface area contributed by atoms with E-state index in [0.29, 0.717) is 12.2 Å². The minimum Gasteiger partial charge on any atom is -0.489 e. The molecule has 0 aliphatic rings. The van der Waals surface area contributed by atoms with Gasteiger partial charge in [-0.1, -0.05) is 28.1 Å². The van der Waals surface area contributed by atoms with Gasteiger partial charge in [-0.25, -0.2) is 0 Å². The Balaban J connectivity index is 2.04. The van der Waals surface area contributed by atoms with Crippen LogP contribution in [0, 0.1) is 18.3 Å². The molecule has 0 atom stereocenters. The van der Waals surface area contributed by atoms with Gasteiger partial charge in [0.25, 0.3) is 0 Å². The van der Waals surface area contributed by atoms with E-state index in [1.807, 2.05) is 37.3 Å². The van der Waals surface area contributed by atoms with Crippen molar-refractivity contribution < 1.29 is 4.74 Å². The van der Waals surface area contributed by atoms with E-state index in [1.54, 1.807) is 12.1 Å². The Morgan fingerprint density at radius 2 is 1.89 bits per heavy atom. The van der Waals surface area contributed by atoms with Crippen LogP contribution in [-0.2, 0) is 6.61 Å². The van der Waals surface area contributed by atoms with Crippen LogP contribution in [-0.4, -0.2) is 0 Å². The Bertz CT molecular complexity index is 584. The number of aryl methyl sites for hydroxylation is 1. The van der Waals surface area contributed by atoms with Crippen LogP contribution in [0.1, 0.15) is 16.7 Å². The molecule has 0 fully saturated rings. The third-order valence-corrected chi connectivity index (χ3v) is 3.11.